The van der Waals surface area contributed by atoms with E-state index in [9.17, 15) is 9.59 Å². The van der Waals surface area contributed by atoms with Crippen LogP contribution in [-0.2, 0) is 4.74 Å². The molecule has 0 radical (unpaired) electrons. The van der Waals surface area contributed by atoms with E-state index in [0.717, 1.165) is 17.1 Å². The first kappa shape index (κ1) is 26.8. The van der Waals surface area contributed by atoms with E-state index in [1.165, 1.54) is 0 Å². The number of hydrogen-bond donors (Lipinski definition) is 1. The number of amides is 2. The van der Waals surface area contributed by atoms with Gasteiger partial charge in [0.1, 0.15) is 11.4 Å². The number of carbonyl (C=O) groups excluding carboxylic acids is 2. The average molecular weight is 545 g/mol. The highest BCUT2D eigenvalue weighted by atomic mass is 35.5. The first-order valence-corrected chi connectivity index (χ1v) is 12.8. The van der Waals surface area contributed by atoms with E-state index in [4.69, 9.17) is 32.7 Å². The van der Waals surface area contributed by atoms with Crippen LogP contribution >= 0.6 is 23.2 Å². The molecule has 1 fully saturated rings. The number of rotatable bonds is 5. The van der Waals surface area contributed by atoms with Crippen LogP contribution in [0.15, 0.2) is 48.7 Å². The summed E-state index contributed by atoms with van der Waals surface area (Å²) in [5.74, 6) is 0.333. The third-order valence-electron chi connectivity index (χ3n) is 6.10. The number of para-hydroxylation sites is 1. The van der Waals surface area contributed by atoms with Gasteiger partial charge in [-0.15, -0.1) is 0 Å². The Bertz CT molecular complexity index is 1260. The minimum atomic E-state index is -0.563. The van der Waals surface area contributed by atoms with Gasteiger partial charge in [0.2, 0.25) is 0 Å². The molecular formula is C27H30Cl2N4O4. The van der Waals surface area contributed by atoms with Crippen molar-refractivity contribution in [1.29, 1.82) is 0 Å². The number of benzene rings is 2. The van der Waals surface area contributed by atoms with Crippen LogP contribution in [0, 0.1) is 0 Å². The Kier molecular flexibility index (Phi) is 7.99. The maximum Gasteiger partial charge on any atom is 0.410 e. The quantitative estimate of drug-likeness (QED) is 0.393. The molecule has 0 bridgehead atoms. The van der Waals surface area contributed by atoms with Gasteiger partial charge < -0.3 is 19.7 Å². The van der Waals surface area contributed by atoms with Crippen molar-refractivity contribution in [3.63, 3.8) is 0 Å². The van der Waals surface area contributed by atoms with Gasteiger partial charge in [0.15, 0.2) is 0 Å². The maximum atomic E-state index is 13.5. The smallest absolute Gasteiger partial charge is 0.410 e. The van der Waals surface area contributed by atoms with Crippen molar-refractivity contribution in [2.75, 3.05) is 25.5 Å². The van der Waals surface area contributed by atoms with E-state index in [1.807, 2.05) is 45.0 Å². The molecule has 1 aliphatic heterocycles. The van der Waals surface area contributed by atoms with Crippen molar-refractivity contribution in [3.05, 3.63) is 70.0 Å². The second kappa shape index (κ2) is 11.0. The number of nitrogens with one attached hydrogen (secondary N) is 1. The number of piperidine rings is 1. The van der Waals surface area contributed by atoms with Crippen molar-refractivity contribution in [2.24, 2.45) is 0 Å². The number of aromatic nitrogens is 2. The zero-order chi connectivity index (χ0) is 26.7. The number of anilines is 1. The number of methoxy groups -OCH3 is 1. The summed E-state index contributed by atoms with van der Waals surface area (Å²) in [7, 11) is 1.61. The zero-order valence-corrected chi connectivity index (χ0v) is 22.8. The lowest BCUT2D eigenvalue weighted by atomic mass is 9.90. The van der Waals surface area contributed by atoms with Crippen LogP contribution in [0.5, 0.6) is 5.75 Å². The first-order valence-electron chi connectivity index (χ1n) is 12.0. The van der Waals surface area contributed by atoms with Crippen LogP contribution in [0.25, 0.3) is 5.69 Å². The summed E-state index contributed by atoms with van der Waals surface area (Å²) in [5, 5.41) is 8.11. The molecule has 37 heavy (non-hydrogen) atoms. The highest BCUT2D eigenvalue weighted by molar-refractivity contribution is 6.40. The van der Waals surface area contributed by atoms with E-state index in [0.29, 0.717) is 47.2 Å². The van der Waals surface area contributed by atoms with E-state index in [1.54, 1.807) is 41.1 Å². The molecule has 2 amide bonds. The molecule has 3 aromatic rings. The molecule has 0 aliphatic carbocycles. The second-order valence-corrected chi connectivity index (χ2v) is 10.7. The third-order valence-corrected chi connectivity index (χ3v) is 6.73. The number of likely N-dealkylation sites (tertiary alicyclic amines) is 1. The summed E-state index contributed by atoms with van der Waals surface area (Å²) in [6.45, 7) is 6.55. The third kappa shape index (κ3) is 6.19. The second-order valence-electron chi connectivity index (χ2n) is 9.85. The molecule has 0 unspecified atom stereocenters. The highest BCUT2D eigenvalue weighted by Gasteiger charge is 2.32. The van der Waals surface area contributed by atoms with Gasteiger partial charge >= 0.3 is 6.09 Å². The summed E-state index contributed by atoms with van der Waals surface area (Å²) in [6, 6.07) is 12.5. The van der Waals surface area contributed by atoms with E-state index in [-0.39, 0.29) is 17.9 Å². The zero-order valence-electron chi connectivity index (χ0n) is 21.3. The van der Waals surface area contributed by atoms with Crippen LogP contribution in [0.1, 0.15) is 55.6 Å². The van der Waals surface area contributed by atoms with Crippen molar-refractivity contribution >= 4 is 40.9 Å². The van der Waals surface area contributed by atoms with Crippen molar-refractivity contribution in [3.8, 4) is 11.4 Å². The predicted octanol–water partition coefficient (Wildman–Crippen LogP) is 6.55. The minimum absolute atomic E-state index is 0.0224. The summed E-state index contributed by atoms with van der Waals surface area (Å²) in [4.78, 5) is 27.8. The van der Waals surface area contributed by atoms with Crippen LogP contribution < -0.4 is 10.1 Å². The normalized spacial score (nSPS) is 14.4. The Hall–Kier alpha value is -3.23. The lowest BCUT2D eigenvalue weighted by Gasteiger charge is -2.34. The minimum Gasteiger partial charge on any atom is -0.497 e. The fourth-order valence-corrected chi connectivity index (χ4v) is 4.81. The number of halogens is 2. The fraction of sp³-hybridized carbons (Fsp3) is 0.370. The highest BCUT2D eigenvalue weighted by Crippen LogP contribution is 2.35. The van der Waals surface area contributed by atoms with Crippen molar-refractivity contribution in [2.45, 2.75) is 45.1 Å². The number of nitrogens with zero attached hydrogens (tertiary/aromatic N) is 3. The maximum absolute atomic E-state index is 13.5. The van der Waals surface area contributed by atoms with Crippen LogP contribution in [0.3, 0.4) is 0 Å². The summed E-state index contributed by atoms with van der Waals surface area (Å²) in [5.41, 5.74) is 1.75. The molecule has 1 aromatic heterocycles. The van der Waals surface area contributed by atoms with E-state index < -0.39 is 5.60 Å². The molecule has 2 heterocycles. The van der Waals surface area contributed by atoms with Gasteiger partial charge in [-0.1, -0.05) is 29.3 Å². The molecule has 8 nitrogen and oxygen atoms in total. The Balaban J connectivity index is 1.64. The van der Waals surface area contributed by atoms with Crippen LogP contribution in [-0.4, -0.2) is 52.5 Å². The first-order chi connectivity index (χ1) is 17.6. The van der Waals surface area contributed by atoms with Crippen molar-refractivity contribution < 1.29 is 19.1 Å². The average Bonchev–Trinajstić information content (AvgIpc) is 3.31. The molecule has 4 rings (SSSR count). The molecular weight excluding hydrogens is 515 g/mol. The molecule has 196 valence electrons. The Morgan fingerprint density at radius 2 is 1.65 bits per heavy atom. The number of carbonyl (C=O) groups is 2. The Labute approximate surface area is 226 Å². The molecule has 0 spiro atoms. The summed E-state index contributed by atoms with van der Waals surface area (Å²) in [6.07, 6.45) is 2.52. The van der Waals surface area contributed by atoms with Crippen LogP contribution in [0.2, 0.25) is 10.0 Å². The molecule has 10 heteroatoms. The summed E-state index contributed by atoms with van der Waals surface area (Å²) >= 11 is 12.6. The Morgan fingerprint density at radius 3 is 2.22 bits per heavy atom. The molecule has 2 aromatic carbocycles. The van der Waals surface area contributed by atoms with Gasteiger partial charge in [-0.25, -0.2) is 9.48 Å². The standard InChI is InChI=1S/C27H30Cl2N4O4/c1-27(2,3)37-26(35)32-14-12-17(13-15-32)24-20(25(34)31-23-21(28)6-5-7-22(23)29)16-30-33(24)18-8-10-19(36-4)11-9-18/h5-11,16-17H,12-15H2,1-4H3,(H,31,34). The van der Waals surface area contributed by atoms with Gasteiger partial charge in [0, 0.05) is 19.0 Å². The fourth-order valence-electron chi connectivity index (χ4n) is 4.31. The molecule has 1 aliphatic rings. The van der Waals surface area contributed by atoms with Gasteiger partial charge in [0.25, 0.3) is 5.91 Å². The van der Waals surface area contributed by atoms with E-state index in [2.05, 4.69) is 10.4 Å². The number of hydrogen-bond acceptors (Lipinski definition) is 5. The Morgan fingerprint density at radius 1 is 1.03 bits per heavy atom. The molecule has 0 saturated carbocycles. The monoisotopic (exact) mass is 544 g/mol. The van der Waals surface area contributed by atoms with E-state index >= 15 is 0 Å². The lowest BCUT2D eigenvalue weighted by molar-refractivity contribution is 0.0203. The van der Waals surface area contributed by atoms with Crippen molar-refractivity contribution in [1.82, 2.24) is 14.7 Å². The van der Waals surface area contributed by atoms with Gasteiger partial charge in [-0.05, 0) is 70.0 Å². The SMILES string of the molecule is COc1ccc(-n2ncc(C(=O)Nc3c(Cl)cccc3Cl)c2C2CCN(C(=O)OC(C)(C)C)CC2)cc1. The van der Waals surface area contributed by atoms with Gasteiger partial charge in [-0.2, -0.15) is 5.10 Å². The van der Waals surface area contributed by atoms with Gasteiger partial charge in [-0.3, -0.25) is 4.79 Å². The molecule has 1 N–H and O–H groups in total. The topological polar surface area (TPSA) is 85.7 Å². The predicted molar refractivity (Wildman–Crippen MR) is 144 cm³/mol. The summed E-state index contributed by atoms with van der Waals surface area (Å²) < 4.78 is 12.6. The van der Waals surface area contributed by atoms with Crippen LogP contribution in [0.4, 0.5) is 10.5 Å². The molecule has 1 saturated heterocycles. The van der Waals surface area contributed by atoms with Gasteiger partial charge in [0.05, 0.1) is 46.0 Å². The number of ether oxygens (including phenoxy) is 2. The molecule has 0 atom stereocenters. The largest absolute Gasteiger partial charge is 0.497 e. The lowest BCUT2D eigenvalue weighted by Crippen LogP contribution is -2.41.